The largest absolute Gasteiger partial charge is 0.507 e. The highest BCUT2D eigenvalue weighted by Crippen LogP contribution is 2.32. The van der Waals surface area contributed by atoms with Crippen LogP contribution in [0, 0.1) is 0 Å². The Morgan fingerprint density at radius 3 is 2.75 bits per heavy atom. The van der Waals surface area contributed by atoms with Crippen LogP contribution in [0.25, 0.3) is 0 Å². The van der Waals surface area contributed by atoms with Crippen molar-refractivity contribution in [2.75, 3.05) is 7.11 Å². The van der Waals surface area contributed by atoms with Crippen molar-refractivity contribution in [1.29, 1.82) is 0 Å². The Kier molecular flexibility index (Phi) is 2.60. The van der Waals surface area contributed by atoms with Gasteiger partial charge in [0.05, 0.1) is 12.0 Å². The summed E-state index contributed by atoms with van der Waals surface area (Å²) in [5, 5.41) is 9.23. The number of aromatic hydroxyl groups is 1. The Labute approximate surface area is 75.4 Å². The second-order valence-corrected chi connectivity index (χ2v) is 2.66. The number of ether oxygens (including phenoxy) is 1. The molecular formula is C8H8O3S. The van der Waals surface area contributed by atoms with E-state index in [0.29, 0.717) is 22.5 Å². The van der Waals surface area contributed by atoms with Crippen molar-refractivity contribution >= 4 is 18.9 Å². The lowest BCUT2D eigenvalue weighted by Crippen LogP contribution is -1.88. The smallest absolute Gasteiger partial charge is 0.150 e. The van der Waals surface area contributed by atoms with Crippen molar-refractivity contribution in [2.24, 2.45) is 0 Å². The van der Waals surface area contributed by atoms with Crippen LogP contribution in [-0.4, -0.2) is 18.5 Å². The van der Waals surface area contributed by atoms with E-state index in [2.05, 4.69) is 12.6 Å². The van der Waals surface area contributed by atoms with Gasteiger partial charge in [-0.05, 0) is 12.1 Å². The van der Waals surface area contributed by atoms with E-state index < -0.39 is 0 Å². The van der Waals surface area contributed by atoms with Crippen molar-refractivity contribution in [3.05, 3.63) is 17.7 Å². The number of rotatable bonds is 2. The molecule has 0 saturated heterocycles. The van der Waals surface area contributed by atoms with Gasteiger partial charge in [0.15, 0.2) is 0 Å². The lowest BCUT2D eigenvalue weighted by molar-refractivity contribution is 0.112. The van der Waals surface area contributed by atoms with E-state index in [1.54, 1.807) is 0 Å². The summed E-state index contributed by atoms with van der Waals surface area (Å²) in [7, 11) is 1.45. The van der Waals surface area contributed by atoms with Crippen molar-refractivity contribution in [2.45, 2.75) is 4.90 Å². The van der Waals surface area contributed by atoms with Gasteiger partial charge in [0, 0.05) is 5.56 Å². The summed E-state index contributed by atoms with van der Waals surface area (Å²) in [6.07, 6.45) is 0.634. The molecule has 0 radical (unpaired) electrons. The molecule has 3 nitrogen and oxygen atoms in total. The predicted molar refractivity (Wildman–Crippen MR) is 47.3 cm³/mol. The summed E-state index contributed by atoms with van der Waals surface area (Å²) in [6, 6.07) is 2.84. The van der Waals surface area contributed by atoms with Gasteiger partial charge >= 0.3 is 0 Å². The maximum Gasteiger partial charge on any atom is 0.150 e. The molecule has 0 saturated carbocycles. The molecule has 0 aromatic heterocycles. The number of thiol groups is 1. The Balaban J connectivity index is 3.28. The van der Waals surface area contributed by atoms with E-state index >= 15 is 0 Å². The molecule has 12 heavy (non-hydrogen) atoms. The first-order valence-electron chi connectivity index (χ1n) is 3.24. The molecule has 0 bridgehead atoms. The lowest BCUT2D eigenvalue weighted by Gasteiger charge is -2.05. The molecule has 0 aliphatic heterocycles. The highest BCUT2D eigenvalue weighted by atomic mass is 32.1. The van der Waals surface area contributed by atoms with Gasteiger partial charge in [0.25, 0.3) is 0 Å². The molecule has 1 rings (SSSR count). The van der Waals surface area contributed by atoms with Crippen LogP contribution in [0.2, 0.25) is 0 Å². The fourth-order valence-electron chi connectivity index (χ4n) is 0.837. The molecule has 0 spiro atoms. The van der Waals surface area contributed by atoms with E-state index in [1.165, 1.54) is 19.2 Å². The summed E-state index contributed by atoms with van der Waals surface area (Å²) in [6.45, 7) is 0. The van der Waals surface area contributed by atoms with Crippen LogP contribution >= 0.6 is 12.6 Å². The van der Waals surface area contributed by atoms with Gasteiger partial charge in [-0.15, -0.1) is 12.6 Å². The molecule has 0 aliphatic rings. The number of aldehydes is 1. The summed E-state index contributed by atoms with van der Waals surface area (Å²) in [5.74, 6) is 0.334. The molecule has 1 N–H and O–H groups in total. The standard InChI is InChI=1S/C8H8O3S/c1-11-7-3-5(4-9)2-6(10)8(7)12/h2-4,10,12H,1H3. The van der Waals surface area contributed by atoms with Gasteiger partial charge in [-0.25, -0.2) is 0 Å². The van der Waals surface area contributed by atoms with Gasteiger partial charge in [-0.2, -0.15) is 0 Å². The third-order valence-electron chi connectivity index (χ3n) is 1.43. The van der Waals surface area contributed by atoms with E-state index in [0.717, 1.165) is 0 Å². The quantitative estimate of drug-likeness (QED) is 0.541. The second-order valence-electron chi connectivity index (χ2n) is 2.21. The molecule has 0 atom stereocenters. The van der Waals surface area contributed by atoms with Crippen molar-refractivity contribution < 1.29 is 14.6 Å². The molecule has 1 aromatic rings. The zero-order valence-electron chi connectivity index (χ0n) is 6.44. The highest BCUT2D eigenvalue weighted by Gasteiger charge is 2.06. The SMILES string of the molecule is COc1cc(C=O)cc(O)c1S. The van der Waals surface area contributed by atoms with Crippen LogP contribution in [0.15, 0.2) is 17.0 Å². The van der Waals surface area contributed by atoms with Crippen molar-refractivity contribution in [3.8, 4) is 11.5 Å². The Bertz CT molecular complexity index is 309. The van der Waals surface area contributed by atoms with Crippen molar-refractivity contribution in [3.63, 3.8) is 0 Å². The molecule has 0 heterocycles. The minimum atomic E-state index is -0.0558. The summed E-state index contributed by atoms with van der Waals surface area (Å²) in [5.41, 5.74) is 0.363. The molecule has 0 aliphatic carbocycles. The summed E-state index contributed by atoms with van der Waals surface area (Å²) in [4.78, 5) is 10.7. The Hall–Kier alpha value is -1.16. The summed E-state index contributed by atoms with van der Waals surface area (Å²) >= 11 is 3.99. The number of phenols is 1. The van der Waals surface area contributed by atoms with Crippen LogP contribution in [0.3, 0.4) is 0 Å². The van der Waals surface area contributed by atoms with Gasteiger partial charge in [-0.1, -0.05) is 0 Å². The zero-order valence-corrected chi connectivity index (χ0v) is 7.34. The normalized spacial score (nSPS) is 9.50. The molecule has 64 valence electrons. The Morgan fingerprint density at radius 2 is 2.25 bits per heavy atom. The monoisotopic (exact) mass is 184 g/mol. The predicted octanol–water partition coefficient (Wildman–Crippen LogP) is 1.50. The number of hydrogen-bond donors (Lipinski definition) is 2. The average molecular weight is 184 g/mol. The van der Waals surface area contributed by atoms with Gasteiger partial charge in [-0.3, -0.25) is 4.79 Å². The van der Waals surface area contributed by atoms with Crippen LogP contribution in [0.5, 0.6) is 11.5 Å². The minimum absolute atomic E-state index is 0.0558. The molecule has 0 fully saturated rings. The Morgan fingerprint density at radius 1 is 1.58 bits per heavy atom. The molecule has 0 amide bonds. The van der Waals surface area contributed by atoms with E-state index in [9.17, 15) is 9.90 Å². The molecule has 0 unspecified atom stereocenters. The van der Waals surface area contributed by atoms with Crippen molar-refractivity contribution in [1.82, 2.24) is 0 Å². The van der Waals surface area contributed by atoms with Crippen LogP contribution in [0.1, 0.15) is 10.4 Å². The van der Waals surface area contributed by atoms with Gasteiger partial charge in [0.2, 0.25) is 0 Å². The number of carbonyl (C=O) groups excluding carboxylic acids is 1. The summed E-state index contributed by atoms with van der Waals surface area (Å²) < 4.78 is 4.87. The molecular weight excluding hydrogens is 176 g/mol. The second kappa shape index (κ2) is 3.49. The zero-order chi connectivity index (χ0) is 9.14. The number of carbonyl (C=O) groups is 1. The third-order valence-corrected chi connectivity index (χ3v) is 1.88. The maximum atomic E-state index is 10.3. The number of methoxy groups -OCH3 is 1. The topological polar surface area (TPSA) is 46.5 Å². The van der Waals surface area contributed by atoms with Crippen LogP contribution < -0.4 is 4.74 Å². The van der Waals surface area contributed by atoms with Crippen LogP contribution in [0.4, 0.5) is 0 Å². The van der Waals surface area contributed by atoms with E-state index in [4.69, 9.17) is 4.74 Å². The fraction of sp³-hybridized carbons (Fsp3) is 0.125. The van der Waals surface area contributed by atoms with E-state index in [-0.39, 0.29) is 5.75 Å². The van der Waals surface area contributed by atoms with Gasteiger partial charge in [0.1, 0.15) is 17.8 Å². The first-order valence-corrected chi connectivity index (χ1v) is 3.69. The lowest BCUT2D eigenvalue weighted by atomic mass is 10.2. The minimum Gasteiger partial charge on any atom is -0.507 e. The number of benzene rings is 1. The van der Waals surface area contributed by atoms with E-state index in [1.807, 2.05) is 0 Å². The number of hydrogen-bond acceptors (Lipinski definition) is 4. The molecule has 1 aromatic carbocycles. The maximum absolute atomic E-state index is 10.3. The van der Waals surface area contributed by atoms with Crippen LogP contribution in [-0.2, 0) is 0 Å². The third kappa shape index (κ3) is 1.53. The average Bonchev–Trinajstić information content (AvgIpc) is 2.09. The fourth-order valence-corrected chi connectivity index (χ4v) is 1.06. The molecule has 4 heteroatoms. The van der Waals surface area contributed by atoms with Gasteiger partial charge < -0.3 is 9.84 Å². The first kappa shape index (κ1) is 8.93. The first-order chi connectivity index (χ1) is 5.69. The highest BCUT2D eigenvalue weighted by molar-refractivity contribution is 7.80. The number of phenolic OH excluding ortho intramolecular Hbond substituents is 1.